The first-order valence-electron chi connectivity index (χ1n) is 10.6. The molecule has 156 valence electrons. The van der Waals surface area contributed by atoms with Crippen molar-refractivity contribution in [1.82, 2.24) is 9.66 Å². The van der Waals surface area contributed by atoms with Crippen LogP contribution < -0.4 is 15.0 Å². The molecule has 0 bridgehead atoms. The fraction of sp³-hybridized carbons (Fsp3) is 0.375. The highest BCUT2D eigenvalue weighted by molar-refractivity contribution is 5.81. The highest BCUT2D eigenvalue weighted by Gasteiger charge is 2.22. The zero-order chi connectivity index (χ0) is 20.9. The van der Waals surface area contributed by atoms with Crippen LogP contribution in [0.1, 0.15) is 56.3 Å². The number of methoxy groups -OCH3 is 1. The number of nitrogens with zero attached hydrogens (tertiary/aromatic N) is 3. The van der Waals surface area contributed by atoms with E-state index in [9.17, 15) is 4.79 Å². The summed E-state index contributed by atoms with van der Waals surface area (Å²) in [5.41, 5.74) is 1.43. The Labute approximate surface area is 176 Å². The van der Waals surface area contributed by atoms with E-state index in [-0.39, 0.29) is 11.5 Å². The molecule has 0 atom stereocenters. The second-order valence-corrected chi connectivity index (χ2v) is 7.53. The molecule has 6 heteroatoms. The summed E-state index contributed by atoms with van der Waals surface area (Å²) in [7, 11) is 1.61. The van der Waals surface area contributed by atoms with Crippen LogP contribution >= 0.6 is 0 Å². The number of fused-ring (bicyclic) bond motifs is 1. The molecule has 1 saturated carbocycles. The fourth-order valence-corrected chi connectivity index (χ4v) is 4.04. The maximum atomic E-state index is 13.2. The van der Waals surface area contributed by atoms with Gasteiger partial charge in [-0.1, -0.05) is 31.4 Å². The normalized spacial score (nSPS) is 15.0. The maximum Gasteiger partial charge on any atom is 0.282 e. The van der Waals surface area contributed by atoms with E-state index >= 15 is 0 Å². The van der Waals surface area contributed by atoms with Crippen LogP contribution in [-0.2, 0) is 0 Å². The van der Waals surface area contributed by atoms with E-state index < -0.39 is 0 Å². The van der Waals surface area contributed by atoms with E-state index in [1.165, 1.54) is 11.1 Å². The molecule has 1 aliphatic rings. The first-order valence-corrected chi connectivity index (χ1v) is 10.6. The van der Waals surface area contributed by atoms with Crippen molar-refractivity contribution >= 4 is 17.1 Å². The summed E-state index contributed by atoms with van der Waals surface area (Å²) in [5, 5.41) is 5.15. The Morgan fingerprint density at radius 2 is 1.93 bits per heavy atom. The van der Waals surface area contributed by atoms with Gasteiger partial charge in [-0.2, -0.15) is 9.78 Å². The molecular weight excluding hydrogens is 378 g/mol. The molecule has 0 radical (unpaired) electrons. The molecule has 1 aliphatic carbocycles. The van der Waals surface area contributed by atoms with Crippen LogP contribution in [0.5, 0.6) is 11.5 Å². The Balaban J connectivity index is 1.77. The van der Waals surface area contributed by atoms with Crippen molar-refractivity contribution in [3.05, 3.63) is 64.2 Å². The molecule has 0 N–H and O–H groups in total. The molecule has 1 heterocycles. The summed E-state index contributed by atoms with van der Waals surface area (Å²) in [6.45, 7) is 2.49. The molecule has 0 amide bonds. The van der Waals surface area contributed by atoms with E-state index in [1.54, 1.807) is 19.4 Å². The third kappa shape index (κ3) is 4.08. The van der Waals surface area contributed by atoms with Crippen molar-refractivity contribution in [1.29, 1.82) is 0 Å². The minimum atomic E-state index is -0.129. The van der Waals surface area contributed by atoms with Crippen LogP contribution in [0.2, 0.25) is 0 Å². The average Bonchev–Trinajstić information content (AvgIpc) is 2.80. The fourth-order valence-electron chi connectivity index (χ4n) is 4.04. The van der Waals surface area contributed by atoms with Gasteiger partial charge in [-0.15, -0.1) is 0 Å². The zero-order valence-electron chi connectivity index (χ0n) is 17.5. The first kappa shape index (κ1) is 20.1. The van der Waals surface area contributed by atoms with E-state index in [0.29, 0.717) is 23.5 Å². The SMILES string of the molecule is CCOc1ccc(C=Nn2c(C3CCCCC3)nc3ccccc3c2=O)cc1OC. The number of aromatic nitrogens is 2. The highest BCUT2D eigenvalue weighted by Crippen LogP contribution is 2.32. The summed E-state index contributed by atoms with van der Waals surface area (Å²) < 4.78 is 12.5. The zero-order valence-corrected chi connectivity index (χ0v) is 17.5. The van der Waals surface area contributed by atoms with Gasteiger partial charge in [0.05, 0.1) is 30.8 Å². The van der Waals surface area contributed by atoms with Gasteiger partial charge in [0.25, 0.3) is 5.56 Å². The molecule has 0 saturated heterocycles. The second-order valence-electron chi connectivity index (χ2n) is 7.53. The predicted molar refractivity (Wildman–Crippen MR) is 119 cm³/mol. The second kappa shape index (κ2) is 9.11. The topological polar surface area (TPSA) is 65.7 Å². The third-order valence-electron chi connectivity index (χ3n) is 5.56. The van der Waals surface area contributed by atoms with E-state index in [2.05, 4.69) is 5.10 Å². The molecule has 3 aromatic rings. The van der Waals surface area contributed by atoms with Crippen molar-refractivity contribution in [3.63, 3.8) is 0 Å². The van der Waals surface area contributed by atoms with Gasteiger partial charge in [0.15, 0.2) is 11.5 Å². The Bertz CT molecular complexity index is 1110. The van der Waals surface area contributed by atoms with Gasteiger partial charge < -0.3 is 9.47 Å². The third-order valence-corrected chi connectivity index (χ3v) is 5.56. The lowest BCUT2D eigenvalue weighted by Gasteiger charge is -2.22. The van der Waals surface area contributed by atoms with Gasteiger partial charge in [-0.3, -0.25) is 4.79 Å². The van der Waals surface area contributed by atoms with E-state index in [1.807, 2.05) is 43.3 Å². The molecule has 0 spiro atoms. The number of benzene rings is 2. The molecule has 4 rings (SSSR count). The van der Waals surface area contributed by atoms with Crippen LogP contribution in [0.4, 0.5) is 0 Å². The number of hydrogen-bond donors (Lipinski definition) is 0. The predicted octanol–water partition coefficient (Wildman–Crippen LogP) is 4.73. The van der Waals surface area contributed by atoms with Gasteiger partial charge in [0, 0.05) is 5.92 Å². The van der Waals surface area contributed by atoms with Gasteiger partial charge >= 0.3 is 0 Å². The number of hydrogen-bond acceptors (Lipinski definition) is 5. The minimum absolute atomic E-state index is 0.129. The van der Waals surface area contributed by atoms with Crippen LogP contribution in [0.25, 0.3) is 10.9 Å². The Morgan fingerprint density at radius 3 is 2.70 bits per heavy atom. The van der Waals surface area contributed by atoms with Crippen molar-refractivity contribution < 1.29 is 9.47 Å². The summed E-state index contributed by atoms with van der Waals surface area (Å²) in [4.78, 5) is 18.1. The van der Waals surface area contributed by atoms with Gasteiger partial charge in [-0.25, -0.2) is 4.98 Å². The van der Waals surface area contributed by atoms with Gasteiger partial charge in [0.2, 0.25) is 0 Å². The molecule has 6 nitrogen and oxygen atoms in total. The molecule has 30 heavy (non-hydrogen) atoms. The molecule has 2 aromatic carbocycles. The van der Waals surface area contributed by atoms with E-state index in [0.717, 1.165) is 42.6 Å². The summed E-state index contributed by atoms with van der Waals surface area (Å²) >= 11 is 0. The number of rotatable bonds is 6. The smallest absolute Gasteiger partial charge is 0.282 e. The van der Waals surface area contributed by atoms with Crippen LogP contribution in [0.3, 0.4) is 0 Å². The quantitative estimate of drug-likeness (QED) is 0.556. The van der Waals surface area contributed by atoms with Crippen molar-refractivity contribution in [3.8, 4) is 11.5 Å². The Kier molecular flexibility index (Phi) is 6.12. The van der Waals surface area contributed by atoms with E-state index in [4.69, 9.17) is 14.5 Å². The molecular formula is C24H27N3O3. The highest BCUT2D eigenvalue weighted by atomic mass is 16.5. The lowest BCUT2D eigenvalue weighted by molar-refractivity contribution is 0.311. The van der Waals surface area contributed by atoms with Gasteiger partial charge in [-0.05, 0) is 55.7 Å². The molecule has 0 unspecified atom stereocenters. The standard InChI is InChI=1S/C24H27N3O3/c1-3-30-21-14-13-17(15-22(21)29-2)16-25-27-23(18-9-5-4-6-10-18)26-20-12-8-7-11-19(20)24(27)28/h7-8,11-16,18H,3-6,9-10H2,1-2H3. The van der Waals surface area contributed by atoms with Crippen molar-refractivity contribution in [2.24, 2.45) is 5.10 Å². The van der Waals surface area contributed by atoms with Gasteiger partial charge in [0.1, 0.15) is 5.82 Å². The number of ether oxygens (including phenoxy) is 2. The first-order chi connectivity index (χ1) is 14.7. The minimum Gasteiger partial charge on any atom is -0.493 e. The monoisotopic (exact) mass is 405 g/mol. The lowest BCUT2D eigenvalue weighted by atomic mass is 9.88. The Morgan fingerprint density at radius 1 is 1.13 bits per heavy atom. The molecule has 1 aromatic heterocycles. The molecule has 0 aliphatic heterocycles. The van der Waals surface area contributed by atoms with Crippen LogP contribution in [-0.4, -0.2) is 29.6 Å². The molecule has 1 fully saturated rings. The maximum absolute atomic E-state index is 13.2. The largest absolute Gasteiger partial charge is 0.493 e. The van der Waals surface area contributed by atoms with Crippen molar-refractivity contribution in [2.45, 2.75) is 44.9 Å². The lowest BCUT2D eigenvalue weighted by Crippen LogP contribution is -2.25. The summed E-state index contributed by atoms with van der Waals surface area (Å²) in [6, 6.07) is 13.1. The van der Waals surface area contributed by atoms with Crippen LogP contribution in [0, 0.1) is 0 Å². The van der Waals surface area contributed by atoms with Crippen molar-refractivity contribution in [2.75, 3.05) is 13.7 Å². The number of para-hydroxylation sites is 1. The Hall–Kier alpha value is -3.15. The van der Waals surface area contributed by atoms with Crippen LogP contribution in [0.15, 0.2) is 52.4 Å². The summed E-state index contributed by atoms with van der Waals surface area (Å²) in [6.07, 6.45) is 7.32. The summed E-state index contributed by atoms with van der Waals surface area (Å²) in [5.74, 6) is 2.33. The average molecular weight is 405 g/mol.